The van der Waals surface area contributed by atoms with Crippen LogP contribution in [0.2, 0.25) is 0 Å². The summed E-state index contributed by atoms with van der Waals surface area (Å²) >= 11 is 0. The number of rotatable bonds is 3. The number of hydrogen-bond donors (Lipinski definition) is 1. The maximum absolute atomic E-state index is 12.6. The minimum absolute atomic E-state index is 0.289. The van der Waals surface area contributed by atoms with Crippen molar-refractivity contribution in [2.75, 3.05) is 44.6 Å². The molecule has 7 heteroatoms. The molecule has 3 saturated heterocycles. The second-order valence-corrected chi connectivity index (χ2v) is 5.30. The molecule has 1 aromatic heterocycles. The largest absolute Gasteiger partial charge is 0.416 e. The molecule has 0 amide bonds. The summed E-state index contributed by atoms with van der Waals surface area (Å²) < 4.78 is 37.8. The van der Waals surface area contributed by atoms with Gasteiger partial charge in [-0.2, -0.15) is 13.2 Å². The zero-order valence-electron chi connectivity index (χ0n) is 11.0. The number of anilines is 1. The van der Waals surface area contributed by atoms with Crippen LogP contribution in [0.1, 0.15) is 5.56 Å². The van der Waals surface area contributed by atoms with E-state index in [1.54, 1.807) is 0 Å². The highest BCUT2D eigenvalue weighted by Crippen LogP contribution is 2.29. The average Bonchev–Trinajstić information content (AvgIpc) is 2.46. The quantitative estimate of drug-likeness (QED) is 0.913. The highest BCUT2D eigenvalue weighted by Gasteiger charge is 2.32. The van der Waals surface area contributed by atoms with E-state index in [-0.39, 0.29) is 5.82 Å². The molecule has 0 spiro atoms. The van der Waals surface area contributed by atoms with Gasteiger partial charge in [-0.15, -0.1) is 0 Å². The number of fused-ring (bicyclic) bond motifs is 3. The monoisotopic (exact) mass is 286 g/mol. The lowest BCUT2D eigenvalue weighted by molar-refractivity contribution is -0.137. The maximum Gasteiger partial charge on any atom is 0.416 e. The molecule has 0 saturated carbocycles. The average molecular weight is 286 g/mol. The van der Waals surface area contributed by atoms with Crippen LogP contribution in [0.4, 0.5) is 19.0 Å². The SMILES string of the molecule is FC(F)(F)c1ccnc(NCC2CN3CCN2CC3)c1. The van der Waals surface area contributed by atoms with Crippen LogP contribution in [-0.2, 0) is 6.18 Å². The molecule has 110 valence electrons. The third kappa shape index (κ3) is 2.88. The van der Waals surface area contributed by atoms with Gasteiger partial charge >= 0.3 is 6.18 Å². The van der Waals surface area contributed by atoms with E-state index in [1.807, 2.05) is 0 Å². The Labute approximate surface area is 115 Å². The Morgan fingerprint density at radius 2 is 2.00 bits per heavy atom. The Hall–Kier alpha value is -1.34. The van der Waals surface area contributed by atoms with Gasteiger partial charge in [-0.1, -0.05) is 0 Å². The van der Waals surface area contributed by atoms with Gasteiger partial charge in [-0.25, -0.2) is 4.98 Å². The summed E-state index contributed by atoms with van der Waals surface area (Å²) in [6.45, 7) is 5.89. The molecule has 2 bridgehead atoms. The molecular formula is C13H17F3N4. The molecule has 4 heterocycles. The third-order valence-electron chi connectivity index (χ3n) is 4.00. The fourth-order valence-electron chi connectivity index (χ4n) is 2.84. The molecule has 0 aliphatic carbocycles. The molecule has 3 aliphatic rings. The normalized spacial score (nSPS) is 29.4. The van der Waals surface area contributed by atoms with Gasteiger partial charge in [0.05, 0.1) is 5.56 Å². The van der Waals surface area contributed by atoms with Crippen LogP contribution in [-0.4, -0.2) is 60.1 Å². The van der Waals surface area contributed by atoms with E-state index >= 15 is 0 Å². The van der Waals surface area contributed by atoms with Crippen LogP contribution in [0.3, 0.4) is 0 Å². The molecule has 1 aromatic rings. The van der Waals surface area contributed by atoms with Crippen molar-refractivity contribution in [2.45, 2.75) is 12.2 Å². The zero-order chi connectivity index (χ0) is 14.2. The predicted octanol–water partition coefficient (Wildman–Crippen LogP) is 1.51. The second-order valence-electron chi connectivity index (χ2n) is 5.30. The number of pyridine rings is 1. The van der Waals surface area contributed by atoms with E-state index in [9.17, 15) is 13.2 Å². The van der Waals surface area contributed by atoms with E-state index in [0.29, 0.717) is 12.6 Å². The minimum atomic E-state index is -4.32. The van der Waals surface area contributed by atoms with E-state index < -0.39 is 11.7 Å². The molecular weight excluding hydrogens is 269 g/mol. The van der Waals surface area contributed by atoms with Crippen molar-refractivity contribution >= 4 is 5.82 Å². The van der Waals surface area contributed by atoms with Crippen molar-refractivity contribution in [3.8, 4) is 0 Å². The third-order valence-corrected chi connectivity index (χ3v) is 4.00. The van der Waals surface area contributed by atoms with Crippen LogP contribution in [0.15, 0.2) is 18.3 Å². The van der Waals surface area contributed by atoms with E-state index in [2.05, 4.69) is 20.1 Å². The van der Waals surface area contributed by atoms with E-state index in [1.165, 1.54) is 6.20 Å². The van der Waals surface area contributed by atoms with Crippen molar-refractivity contribution < 1.29 is 13.2 Å². The Morgan fingerprint density at radius 3 is 2.60 bits per heavy atom. The molecule has 3 aliphatic heterocycles. The van der Waals surface area contributed by atoms with Gasteiger partial charge in [0.1, 0.15) is 5.82 Å². The van der Waals surface area contributed by atoms with Crippen molar-refractivity contribution in [2.24, 2.45) is 0 Å². The molecule has 1 atom stereocenters. The summed E-state index contributed by atoms with van der Waals surface area (Å²) in [5.41, 5.74) is -0.663. The van der Waals surface area contributed by atoms with Crippen molar-refractivity contribution in [3.63, 3.8) is 0 Å². The number of hydrogen-bond acceptors (Lipinski definition) is 4. The zero-order valence-corrected chi connectivity index (χ0v) is 11.0. The van der Waals surface area contributed by atoms with Crippen molar-refractivity contribution in [1.82, 2.24) is 14.8 Å². The Morgan fingerprint density at radius 1 is 1.25 bits per heavy atom. The van der Waals surface area contributed by atoms with E-state index in [4.69, 9.17) is 0 Å². The predicted molar refractivity (Wildman–Crippen MR) is 69.5 cm³/mol. The fourth-order valence-corrected chi connectivity index (χ4v) is 2.84. The number of aromatic nitrogens is 1. The van der Waals surface area contributed by atoms with Gasteiger partial charge in [0.15, 0.2) is 0 Å². The molecule has 1 unspecified atom stereocenters. The van der Waals surface area contributed by atoms with Crippen LogP contribution in [0, 0.1) is 0 Å². The first-order chi connectivity index (χ1) is 9.52. The number of nitrogens with one attached hydrogen (secondary N) is 1. The highest BCUT2D eigenvalue weighted by atomic mass is 19.4. The summed E-state index contributed by atoms with van der Waals surface area (Å²) in [5.74, 6) is 0.289. The Kier molecular flexibility index (Phi) is 3.55. The van der Waals surface area contributed by atoms with Gasteiger partial charge in [0, 0.05) is 51.5 Å². The van der Waals surface area contributed by atoms with Crippen molar-refractivity contribution in [1.29, 1.82) is 0 Å². The summed E-state index contributed by atoms with van der Waals surface area (Å²) in [4.78, 5) is 8.74. The van der Waals surface area contributed by atoms with Gasteiger partial charge in [-0.3, -0.25) is 9.80 Å². The number of halogens is 3. The summed E-state index contributed by atoms with van der Waals surface area (Å²) in [6.07, 6.45) is -3.12. The Bertz CT molecular complexity index is 469. The topological polar surface area (TPSA) is 31.4 Å². The van der Waals surface area contributed by atoms with E-state index in [0.717, 1.165) is 44.9 Å². The molecule has 4 nitrogen and oxygen atoms in total. The lowest BCUT2D eigenvalue weighted by Gasteiger charge is -2.47. The lowest BCUT2D eigenvalue weighted by atomic mass is 10.1. The Balaban J connectivity index is 1.61. The first-order valence-electron chi connectivity index (χ1n) is 6.76. The standard InChI is InChI=1S/C13H17F3N4/c14-13(15,16)10-1-2-17-12(7-10)18-8-11-9-19-3-5-20(11)6-4-19/h1-2,7,11H,3-6,8-9H2,(H,17,18). The molecule has 0 radical (unpaired) electrons. The van der Waals surface area contributed by atoms with Crippen molar-refractivity contribution in [3.05, 3.63) is 23.9 Å². The minimum Gasteiger partial charge on any atom is -0.368 e. The van der Waals surface area contributed by atoms with Crippen LogP contribution >= 0.6 is 0 Å². The summed E-state index contributed by atoms with van der Waals surface area (Å²) in [7, 11) is 0. The molecule has 4 rings (SSSR count). The van der Waals surface area contributed by atoms with Crippen LogP contribution in [0.25, 0.3) is 0 Å². The lowest BCUT2D eigenvalue weighted by Crippen LogP contribution is -2.62. The number of piperazine rings is 3. The van der Waals surface area contributed by atoms with Gasteiger partial charge < -0.3 is 5.32 Å². The van der Waals surface area contributed by atoms with Gasteiger partial charge in [0.25, 0.3) is 0 Å². The molecule has 20 heavy (non-hydrogen) atoms. The molecule has 1 N–H and O–H groups in total. The van der Waals surface area contributed by atoms with Crippen LogP contribution in [0.5, 0.6) is 0 Å². The second kappa shape index (κ2) is 5.21. The summed E-state index contributed by atoms with van der Waals surface area (Å²) in [5, 5.41) is 3.03. The summed E-state index contributed by atoms with van der Waals surface area (Å²) in [6, 6.07) is 2.41. The molecule has 3 fully saturated rings. The van der Waals surface area contributed by atoms with Gasteiger partial charge in [0.2, 0.25) is 0 Å². The van der Waals surface area contributed by atoms with Crippen LogP contribution < -0.4 is 5.32 Å². The fraction of sp³-hybridized carbons (Fsp3) is 0.615. The number of nitrogens with zero attached hydrogens (tertiary/aromatic N) is 3. The first-order valence-corrected chi connectivity index (χ1v) is 6.76. The molecule has 0 aromatic carbocycles. The maximum atomic E-state index is 12.6. The first kappa shape index (κ1) is 13.6. The highest BCUT2D eigenvalue weighted by molar-refractivity contribution is 5.38. The number of alkyl halides is 3. The smallest absolute Gasteiger partial charge is 0.368 e. The van der Waals surface area contributed by atoms with Gasteiger partial charge in [-0.05, 0) is 12.1 Å².